The van der Waals surface area contributed by atoms with Gasteiger partial charge >= 0.3 is 0 Å². The van der Waals surface area contributed by atoms with Gasteiger partial charge in [0.2, 0.25) is 5.91 Å². The van der Waals surface area contributed by atoms with Crippen LogP contribution in [0.1, 0.15) is 50.5 Å². The minimum atomic E-state index is 0.0848. The molecule has 0 atom stereocenters. The van der Waals surface area contributed by atoms with E-state index < -0.39 is 0 Å². The average Bonchev–Trinajstić information content (AvgIpc) is 2.71. The lowest BCUT2D eigenvalue weighted by Gasteiger charge is -2.16. The molecule has 2 N–H and O–H groups in total. The summed E-state index contributed by atoms with van der Waals surface area (Å²) in [6.45, 7) is 2.77. The molecule has 2 rings (SSSR count). The Morgan fingerprint density at radius 1 is 1.24 bits per heavy atom. The van der Waals surface area contributed by atoms with E-state index in [4.69, 9.17) is 0 Å². The van der Waals surface area contributed by atoms with Crippen LogP contribution in [0.4, 0.5) is 5.69 Å². The first-order valence-electron chi connectivity index (χ1n) is 7.94. The Morgan fingerprint density at radius 3 is 2.62 bits per heavy atom. The number of carbonyl (C=O) groups excluding carboxylic acids is 1. The first kappa shape index (κ1) is 16.5. The van der Waals surface area contributed by atoms with E-state index in [1.807, 2.05) is 25.1 Å². The molecule has 3 nitrogen and oxygen atoms in total. The molecule has 0 bridgehead atoms. The van der Waals surface area contributed by atoms with E-state index >= 15 is 0 Å². The van der Waals surface area contributed by atoms with Gasteiger partial charge in [-0.05, 0) is 43.5 Å². The molecule has 0 spiro atoms. The van der Waals surface area contributed by atoms with Crippen LogP contribution in [0, 0.1) is 6.92 Å². The Kier molecular flexibility index (Phi) is 6.71. The highest BCUT2D eigenvalue weighted by Gasteiger charge is 2.12. The fraction of sp³-hybridized carbons (Fsp3) is 0.588. The third kappa shape index (κ3) is 5.79. The molecule has 0 saturated heterocycles. The number of rotatable bonds is 5. The molecule has 0 radical (unpaired) electrons. The van der Waals surface area contributed by atoms with Gasteiger partial charge in [-0.3, -0.25) is 4.79 Å². The molecule has 0 heterocycles. The van der Waals surface area contributed by atoms with Crippen LogP contribution >= 0.6 is 15.9 Å². The summed E-state index contributed by atoms with van der Waals surface area (Å²) in [6, 6.07) is 6.51. The van der Waals surface area contributed by atoms with Gasteiger partial charge < -0.3 is 10.6 Å². The van der Waals surface area contributed by atoms with Gasteiger partial charge in [-0.1, -0.05) is 41.6 Å². The highest BCUT2D eigenvalue weighted by atomic mass is 79.9. The van der Waals surface area contributed by atoms with Crippen molar-refractivity contribution in [3.8, 4) is 0 Å². The predicted molar refractivity (Wildman–Crippen MR) is 91.6 cm³/mol. The number of carbonyl (C=O) groups is 1. The van der Waals surface area contributed by atoms with Crippen molar-refractivity contribution >= 4 is 27.5 Å². The van der Waals surface area contributed by atoms with E-state index in [9.17, 15) is 4.79 Å². The zero-order valence-electron chi connectivity index (χ0n) is 12.8. The minimum absolute atomic E-state index is 0.0848. The van der Waals surface area contributed by atoms with Gasteiger partial charge in [-0.2, -0.15) is 0 Å². The molecule has 116 valence electrons. The molecular weight excluding hydrogens is 328 g/mol. The van der Waals surface area contributed by atoms with Gasteiger partial charge in [0.1, 0.15) is 0 Å². The van der Waals surface area contributed by atoms with Gasteiger partial charge in [0, 0.05) is 29.2 Å². The number of aryl methyl sites for hydroxylation is 1. The molecule has 1 aromatic carbocycles. The number of amides is 1. The molecule has 0 aromatic heterocycles. The van der Waals surface area contributed by atoms with E-state index in [1.54, 1.807) is 0 Å². The fourth-order valence-electron chi connectivity index (χ4n) is 2.85. The van der Waals surface area contributed by atoms with E-state index in [2.05, 4.69) is 26.6 Å². The number of hydrogen-bond donors (Lipinski definition) is 2. The Balaban J connectivity index is 1.71. The highest BCUT2D eigenvalue weighted by molar-refractivity contribution is 9.10. The zero-order chi connectivity index (χ0) is 15.1. The lowest BCUT2D eigenvalue weighted by Crippen LogP contribution is -2.31. The summed E-state index contributed by atoms with van der Waals surface area (Å²) >= 11 is 3.43. The van der Waals surface area contributed by atoms with Crippen molar-refractivity contribution in [3.05, 3.63) is 28.2 Å². The van der Waals surface area contributed by atoms with Crippen LogP contribution in [0.15, 0.2) is 22.7 Å². The van der Waals surface area contributed by atoms with Crippen molar-refractivity contribution in [3.63, 3.8) is 0 Å². The summed E-state index contributed by atoms with van der Waals surface area (Å²) in [4.78, 5) is 12.0. The lowest BCUT2D eigenvalue weighted by molar-refractivity contribution is -0.116. The van der Waals surface area contributed by atoms with Crippen LogP contribution in [-0.4, -0.2) is 18.5 Å². The van der Waals surface area contributed by atoms with Crippen molar-refractivity contribution in [1.82, 2.24) is 5.32 Å². The predicted octanol–water partition coefficient (Wildman–Crippen LogP) is 4.40. The maximum Gasteiger partial charge on any atom is 0.225 e. The topological polar surface area (TPSA) is 41.1 Å². The average molecular weight is 353 g/mol. The Bertz CT molecular complexity index is 468. The molecule has 4 heteroatoms. The first-order chi connectivity index (χ1) is 10.1. The molecule has 0 unspecified atom stereocenters. The summed E-state index contributed by atoms with van der Waals surface area (Å²) in [5.41, 5.74) is 1.98. The first-order valence-corrected chi connectivity index (χ1v) is 8.74. The molecule has 0 aliphatic heterocycles. The number of benzene rings is 1. The third-order valence-corrected chi connectivity index (χ3v) is 4.60. The van der Waals surface area contributed by atoms with Crippen LogP contribution in [0.3, 0.4) is 0 Å². The molecule has 1 fully saturated rings. The monoisotopic (exact) mass is 352 g/mol. The van der Waals surface area contributed by atoms with Gasteiger partial charge in [-0.25, -0.2) is 0 Å². The summed E-state index contributed by atoms with van der Waals surface area (Å²) in [5, 5.41) is 6.52. The fourth-order valence-corrected chi connectivity index (χ4v) is 3.33. The van der Waals surface area contributed by atoms with E-state index in [-0.39, 0.29) is 5.91 Å². The summed E-state index contributed by atoms with van der Waals surface area (Å²) in [7, 11) is 0. The summed E-state index contributed by atoms with van der Waals surface area (Å²) in [5.74, 6) is 0.0848. The number of anilines is 1. The van der Waals surface area contributed by atoms with Crippen molar-refractivity contribution in [2.45, 2.75) is 57.9 Å². The third-order valence-electron chi connectivity index (χ3n) is 4.10. The Morgan fingerprint density at radius 2 is 1.95 bits per heavy atom. The van der Waals surface area contributed by atoms with Crippen LogP contribution < -0.4 is 10.6 Å². The molecule has 1 saturated carbocycles. The second-order valence-electron chi connectivity index (χ2n) is 5.90. The molecule has 21 heavy (non-hydrogen) atoms. The molecule has 1 aliphatic rings. The van der Waals surface area contributed by atoms with Crippen LogP contribution in [0.25, 0.3) is 0 Å². The number of hydrogen-bond acceptors (Lipinski definition) is 2. The van der Waals surface area contributed by atoms with Crippen LogP contribution in [0.5, 0.6) is 0 Å². The molecule has 1 aromatic rings. The van der Waals surface area contributed by atoms with Gasteiger partial charge in [0.25, 0.3) is 0 Å². The standard InChI is InChI=1S/C17H25BrN2O/c1-13-12-14(18)8-9-16(13)20-17(21)10-11-19-15-6-4-2-3-5-7-15/h8-9,12,15,19H,2-7,10-11H2,1H3,(H,20,21). The molecular formula is C17H25BrN2O. The SMILES string of the molecule is Cc1cc(Br)ccc1NC(=O)CCNC1CCCCCC1. The highest BCUT2D eigenvalue weighted by Crippen LogP contribution is 2.20. The van der Waals surface area contributed by atoms with Gasteiger partial charge in [0.15, 0.2) is 0 Å². The largest absolute Gasteiger partial charge is 0.326 e. The molecule has 1 aliphatic carbocycles. The second-order valence-corrected chi connectivity index (χ2v) is 6.82. The minimum Gasteiger partial charge on any atom is -0.326 e. The van der Waals surface area contributed by atoms with E-state index in [0.29, 0.717) is 12.5 Å². The normalized spacial score (nSPS) is 16.5. The Hall–Kier alpha value is -0.870. The maximum atomic E-state index is 12.0. The number of halogens is 1. The second kappa shape index (κ2) is 8.54. The zero-order valence-corrected chi connectivity index (χ0v) is 14.3. The van der Waals surface area contributed by atoms with Crippen molar-refractivity contribution in [2.24, 2.45) is 0 Å². The van der Waals surface area contributed by atoms with Crippen LogP contribution in [-0.2, 0) is 4.79 Å². The maximum absolute atomic E-state index is 12.0. The Labute approximate surface area is 136 Å². The lowest BCUT2D eigenvalue weighted by atomic mass is 10.1. The summed E-state index contributed by atoms with van der Waals surface area (Å²) < 4.78 is 1.04. The van der Waals surface area contributed by atoms with Gasteiger partial charge in [0.05, 0.1) is 0 Å². The number of nitrogens with one attached hydrogen (secondary N) is 2. The van der Waals surface area contributed by atoms with Crippen molar-refractivity contribution in [2.75, 3.05) is 11.9 Å². The summed E-state index contributed by atoms with van der Waals surface area (Å²) in [6.07, 6.45) is 8.42. The van der Waals surface area contributed by atoms with Crippen LogP contribution in [0.2, 0.25) is 0 Å². The van der Waals surface area contributed by atoms with Gasteiger partial charge in [-0.15, -0.1) is 0 Å². The quantitative estimate of drug-likeness (QED) is 0.771. The molecule has 1 amide bonds. The smallest absolute Gasteiger partial charge is 0.225 e. The van der Waals surface area contributed by atoms with Crippen molar-refractivity contribution in [1.29, 1.82) is 0 Å². The van der Waals surface area contributed by atoms with E-state index in [1.165, 1.54) is 38.5 Å². The van der Waals surface area contributed by atoms with E-state index in [0.717, 1.165) is 22.3 Å². The van der Waals surface area contributed by atoms with Crippen molar-refractivity contribution < 1.29 is 4.79 Å².